The summed E-state index contributed by atoms with van der Waals surface area (Å²) in [6, 6.07) is 5.88. The third-order valence-electron chi connectivity index (χ3n) is 4.04. The first-order chi connectivity index (χ1) is 11.0. The number of halogens is 1. The molecule has 124 valence electrons. The highest BCUT2D eigenvalue weighted by Gasteiger charge is 2.40. The number of aromatic nitrogens is 3. The van der Waals surface area contributed by atoms with Gasteiger partial charge in [-0.25, -0.2) is 12.8 Å². The minimum absolute atomic E-state index is 0.159. The molecule has 1 aromatic carbocycles. The highest BCUT2D eigenvalue weighted by atomic mass is 32.2. The normalized spacial score (nSPS) is 22.5. The molecule has 3 rings (SSSR count). The number of sulfonamides is 1. The largest absolute Gasteiger partial charge is 0.379 e. The van der Waals surface area contributed by atoms with E-state index in [9.17, 15) is 12.8 Å². The number of ether oxygens (including phenoxy) is 1. The number of benzene rings is 1. The van der Waals surface area contributed by atoms with Gasteiger partial charge in [0.15, 0.2) is 0 Å². The lowest BCUT2D eigenvalue weighted by atomic mass is 10.0. The van der Waals surface area contributed by atoms with Gasteiger partial charge in [0.25, 0.3) is 0 Å². The number of nitrogens with zero attached hydrogens (tertiary/aromatic N) is 3. The second-order valence-corrected chi connectivity index (χ2v) is 7.41. The fourth-order valence-corrected chi connectivity index (χ4v) is 4.35. The van der Waals surface area contributed by atoms with Gasteiger partial charge in [0, 0.05) is 31.7 Å². The Morgan fingerprint density at radius 3 is 2.83 bits per heavy atom. The summed E-state index contributed by atoms with van der Waals surface area (Å²) in [4.78, 5) is 0. The second-order valence-electron chi connectivity index (χ2n) is 5.44. The van der Waals surface area contributed by atoms with Crippen LogP contribution in [0.1, 0.15) is 17.2 Å². The Morgan fingerprint density at radius 1 is 1.39 bits per heavy atom. The Hall–Kier alpha value is -1.84. The van der Waals surface area contributed by atoms with Crippen LogP contribution in [0, 0.1) is 5.82 Å². The Balaban J connectivity index is 1.80. The van der Waals surface area contributed by atoms with Crippen LogP contribution in [0.3, 0.4) is 0 Å². The maximum absolute atomic E-state index is 13.7. The van der Waals surface area contributed by atoms with E-state index >= 15 is 0 Å². The van der Waals surface area contributed by atoms with E-state index in [1.807, 2.05) is 0 Å². The third-order valence-corrected chi connectivity index (χ3v) is 5.80. The molecule has 2 atom stereocenters. The quantitative estimate of drug-likeness (QED) is 0.873. The third kappa shape index (κ3) is 3.26. The molecule has 0 radical (unpaired) electrons. The van der Waals surface area contributed by atoms with E-state index < -0.39 is 15.8 Å². The van der Waals surface area contributed by atoms with Crippen LogP contribution in [0.4, 0.5) is 4.39 Å². The molecule has 0 saturated carbocycles. The zero-order chi connectivity index (χ0) is 16.4. The topological polar surface area (TPSA) is 88.2 Å². The molecule has 1 saturated heterocycles. The highest BCUT2D eigenvalue weighted by molar-refractivity contribution is 7.88. The predicted molar refractivity (Wildman–Crippen MR) is 80.5 cm³/mol. The van der Waals surface area contributed by atoms with Gasteiger partial charge in [0.1, 0.15) is 5.82 Å². The van der Waals surface area contributed by atoms with Crippen molar-refractivity contribution >= 4 is 10.0 Å². The van der Waals surface area contributed by atoms with E-state index in [2.05, 4.69) is 15.4 Å². The minimum Gasteiger partial charge on any atom is -0.379 e. The fourth-order valence-electron chi connectivity index (χ4n) is 2.78. The van der Waals surface area contributed by atoms with E-state index in [-0.39, 0.29) is 36.4 Å². The minimum atomic E-state index is -3.65. The number of rotatable bonds is 5. The predicted octanol–water partition coefficient (Wildman–Crippen LogP) is 0.888. The van der Waals surface area contributed by atoms with Crippen molar-refractivity contribution in [3.05, 3.63) is 47.5 Å². The van der Waals surface area contributed by atoms with Crippen molar-refractivity contribution in [1.29, 1.82) is 0 Å². The molecular formula is C14H17FN4O3S. The molecule has 0 spiro atoms. The number of hydrogen-bond donors (Lipinski definition) is 1. The molecule has 1 N–H and O–H groups in total. The first-order valence-electron chi connectivity index (χ1n) is 7.11. The number of aromatic amines is 1. The van der Waals surface area contributed by atoms with Crippen molar-refractivity contribution in [2.24, 2.45) is 0 Å². The number of nitrogens with one attached hydrogen (secondary N) is 1. The van der Waals surface area contributed by atoms with Crippen LogP contribution in [0.2, 0.25) is 0 Å². The molecule has 0 aliphatic carbocycles. The molecule has 1 aromatic heterocycles. The number of methoxy groups -OCH3 is 1. The Labute approximate surface area is 133 Å². The molecule has 0 unspecified atom stereocenters. The van der Waals surface area contributed by atoms with Gasteiger partial charge in [-0.15, -0.1) is 0 Å². The van der Waals surface area contributed by atoms with E-state index in [0.717, 1.165) is 0 Å². The van der Waals surface area contributed by atoms with Gasteiger partial charge in [-0.2, -0.15) is 19.7 Å². The van der Waals surface area contributed by atoms with Gasteiger partial charge >= 0.3 is 0 Å². The van der Waals surface area contributed by atoms with Crippen LogP contribution in [-0.2, 0) is 20.5 Å². The van der Waals surface area contributed by atoms with Gasteiger partial charge in [-0.3, -0.25) is 0 Å². The van der Waals surface area contributed by atoms with E-state index in [1.165, 1.54) is 29.6 Å². The second kappa shape index (κ2) is 6.34. The van der Waals surface area contributed by atoms with E-state index in [0.29, 0.717) is 5.69 Å². The molecule has 9 heteroatoms. The summed E-state index contributed by atoms with van der Waals surface area (Å²) >= 11 is 0. The Bertz CT molecular complexity index is 766. The van der Waals surface area contributed by atoms with Gasteiger partial charge in [0.2, 0.25) is 10.0 Å². The monoisotopic (exact) mass is 340 g/mol. The van der Waals surface area contributed by atoms with Crippen molar-refractivity contribution in [3.63, 3.8) is 0 Å². The van der Waals surface area contributed by atoms with Crippen LogP contribution < -0.4 is 0 Å². The molecule has 1 aliphatic heterocycles. The summed E-state index contributed by atoms with van der Waals surface area (Å²) < 4.78 is 45.6. The zero-order valence-corrected chi connectivity index (χ0v) is 13.3. The lowest BCUT2D eigenvalue weighted by Gasteiger charge is -2.16. The average Bonchev–Trinajstić information content (AvgIpc) is 3.17. The average molecular weight is 340 g/mol. The molecule has 23 heavy (non-hydrogen) atoms. The SMILES string of the molecule is CO[C@@H]1CN(S(=O)(=O)Cc2ccccc2F)C[C@H]1c1cn[nH]n1. The molecular weight excluding hydrogens is 323 g/mol. The van der Waals surface area contributed by atoms with E-state index in [4.69, 9.17) is 4.74 Å². The molecule has 7 nitrogen and oxygen atoms in total. The fraction of sp³-hybridized carbons (Fsp3) is 0.429. The van der Waals surface area contributed by atoms with Gasteiger partial charge < -0.3 is 4.74 Å². The summed E-state index contributed by atoms with van der Waals surface area (Å²) in [6.07, 6.45) is 1.25. The molecule has 1 fully saturated rings. The van der Waals surface area contributed by atoms with Crippen molar-refractivity contribution < 1.29 is 17.5 Å². The van der Waals surface area contributed by atoms with Crippen molar-refractivity contribution in [3.8, 4) is 0 Å². The van der Waals surface area contributed by atoms with Crippen molar-refractivity contribution in [2.75, 3.05) is 20.2 Å². The first-order valence-corrected chi connectivity index (χ1v) is 8.72. The van der Waals surface area contributed by atoms with Crippen molar-refractivity contribution in [2.45, 2.75) is 17.8 Å². The molecule has 0 bridgehead atoms. The highest BCUT2D eigenvalue weighted by Crippen LogP contribution is 2.30. The lowest BCUT2D eigenvalue weighted by Crippen LogP contribution is -2.31. The Morgan fingerprint density at radius 2 is 2.17 bits per heavy atom. The standard InChI is InChI=1S/C14H17FN4O3S/c1-22-14-8-19(7-11(14)13-6-16-18-17-13)23(20,21)9-10-4-2-3-5-12(10)15/h2-6,11,14H,7-9H2,1H3,(H,16,17,18)/t11-,14+/m0/s1. The number of H-pyrrole nitrogens is 1. The zero-order valence-electron chi connectivity index (χ0n) is 12.5. The van der Waals surface area contributed by atoms with Gasteiger partial charge in [-0.1, -0.05) is 18.2 Å². The summed E-state index contributed by atoms with van der Waals surface area (Å²) in [5.74, 6) is -1.09. The summed E-state index contributed by atoms with van der Waals surface area (Å²) in [5, 5.41) is 10.3. The smallest absolute Gasteiger partial charge is 0.218 e. The van der Waals surface area contributed by atoms with Crippen LogP contribution in [0.15, 0.2) is 30.5 Å². The molecule has 2 aromatic rings. The van der Waals surface area contributed by atoms with Gasteiger partial charge in [-0.05, 0) is 6.07 Å². The Kier molecular flexibility index (Phi) is 4.42. The maximum Gasteiger partial charge on any atom is 0.218 e. The van der Waals surface area contributed by atoms with E-state index in [1.54, 1.807) is 12.3 Å². The summed E-state index contributed by atoms with van der Waals surface area (Å²) in [6.45, 7) is 0.451. The lowest BCUT2D eigenvalue weighted by molar-refractivity contribution is 0.101. The van der Waals surface area contributed by atoms with Crippen LogP contribution >= 0.6 is 0 Å². The molecule has 1 aliphatic rings. The summed E-state index contributed by atoms with van der Waals surface area (Å²) in [5.41, 5.74) is 0.812. The number of hydrogen-bond acceptors (Lipinski definition) is 5. The maximum atomic E-state index is 13.7. The molecule has 2 heterocycles. The van der Waals surface area contributed by atoms with Crippen molar-refractivity contribution in [1.82, 2.24) is 19.7 Å². The molecule has 0 amide bonds. The van der Waals surface area contributed by atoms with Crippen LogP contribution in [0.25, 0.3) is 0 Å². The summed E-state index contributed by atoms with van der Waals surface area (Å²) in [7, 11) is -2.12. The first kappa shape index (κ1) is 16.0. The van der Waals surface area contributed by atoms with Crippen LogP contribution in [0.5, 0.6) is 0 Å². The van der Waals surface area contributed by atoms with Crippen LogP contribution in [-0.4, -0.2) is 54.4 Å². The van der Waals surface area contributed by atoms with Gasteiger partial charge in [0.05, 0.1) is 23.7 Å².